The highest BCUT2D eigenvalue weighted by Crippen LogP contribution is 1.80. The average molecular weight is 151 g/mol. The smallest absolute Gasteiger partial charge is 0.00127 e. The summed E-state index contributed by atoms with van der Waals surface area (Å²) >= 11 is 0. The van der Waals surface area contributed by atoms with Crippen LogP contribution in [0.5, 0.6) is 0 Å². The molecule has 0 rings (SSSR count). The normalized spacial score (nSPS) is 8.40. The van der Waals surface area contributed by atoms with Crippen molar-refractivity contribution in [2.24, 2.45) is 0 Å². The highest BCUT2D eigenvalue weighted by atomic mass is 19.0. The molecule has 0 radical (unpaired) electrons. The minimum atomic E-state index is 0. The van der Waals surface area contributed by atoms with Crippen LogP contribution in [-0.4, -0.2) is 12.1 Å². The zero-order valence-electron chi connectivity index (χ0n) is 8.06. The quantitative estimate of drug-likeness (QED) is 0.639. The van der Waals surface area contributed by atoms with Crippen LogP contribution in [0.4, 0.5) is 4.70 Å². The van der Waals surface area contributed by atoms with Gasteiger partial charge in [0.15, 0.2) is 0 Å². The summed E-state index contributed by atoms with van der Waals surface area (Å²) in [6.45, 7) is 12.6. The Morgan fingerprint density at radius 3 is 1.00 bits per heavy atom. The molecule has 0 atom stereocenters. The predicted molar refractivity (Wildman–Crippen MR) is 47.3 cm³/mol. The van der Waals surface area contributed by atoms with Gasteiger partial charge in [0.05, 0.1) is 0 Å². The molecular weight excluding hydrogens is 129 g/mol. The van der Waals surface area contributed by atoms with Crippen LogP contribution in [-0.2, 0) is 0 Å². The zero-order chi connectivity index (χ0) is 7.86. The Bertz CT molecular complexity index is 38.5. The third kappa shape index (κ3) is 24.8. The molecule has 1 N–H and O–H groups in total. The number of hydrogen-bond donors (Lipinski definition) is 1. The highest BCUT2D eigenvalue weighted by molar-refractivity contribution is 4.55. The minimum absolute atomic E-state index is 0. The number of halogens is 1. The highest BCUT2D eigenvalue weighted by Gasteiger charge is 1.92. The van der Waals surface area contributed by atoms with E-state index in [4.69, 9.17) is 0 Å². The molecule has 0 heterocycles. The molecule has 0 unspecified atom stereocenters. The van der Waals surface area contributed by atoms with E-state index >= 15 is 0 Å². The van der Waals surface area contributed by atoms with Crippen molar-refractivity contribution in [1.29, 1.82) is 0 Å². The summed E-state index contributed by atoms with van der Waals surface area (Å²) in [7, 11) is 0. The first kappa shape index (κ1) is 16.5. The third-order valence-corrected chi connectivity index (χ3v) is 0.667. The Morgan fingerprint density at radius 2 is 1.00 bits per heavy atom. The fourth-order valence-corrected chi connectivity index (χ4v) is 0.667. The lowest BCUT2D eigenvalue weighted by atomic mass is 10.3. The monoisotopic (exact) mass is 151 g/mol. The molecule has 0 saturated carbocycles. The largest absolute Gasteiger partial charge is 0.312 e. The Kier molecular flexibility index (Phi) is 19.2. The standard InChI is InChI=1S/C6H15N.C2H6.FH/c1-5(2)7-6(3)4;1-2;/h5-7H,1-4H3;1-2H3;1H. The third-order valence-electron chi connectivity index (χ3n) is 0.667. The lowest BCUT2D eigenvalue weighted by Gasteiger charge is -2.10. The maximum absolute atomic E-state index is 3.31. The van der Waals surface area contributed by atoms with Crippen molar-refractivity contribution in [2.45, 2.75) is 53.6 Å². The van der Waals surface area contributed by atoms with Crippen molar-refractivity contribution < 1.29 is 4.70 Å². The van der Waals surface area contributed by atoms with Gasteiger partial charge in [0.25, 0.3) is 0 Å². The van der Waals surface area contributed by atoms with Gasteiger partial charge in [-0.1, -0.05) is 41.5 Å². The summed E-state index contributed by atoms with van der Waals surface area (Å²) in [5.41, 5.74) is 0. The molecule has 0 fully saturated rings. The maximum atomic E-state index is 3.31. The van der Waals surface area contributed by atoms with E-state index in [9.17, 15) is 0 Å². The SMILES string of the molecule is CC.CC(C)NC(C)C.F. The van der Waals surface area contributed by atoms with Gasteiger partial charge in [-0.2, -0.15) is 0 Å². The van der Waals surface area contributed by atoms with Gasteiger partial charge in [0, 0.05) is 12.1 Å². The molecule has 0 aliphatic rings. The Morgan fingerprint density at radius 1 is 0.800 bits per heavy atom. The molecular formula is C8H22FN. The van der Waals surface area contributed by atoms with Crippen molar-refractivity contribution >= 4 is 0 Å². The second-order valence-corrected chi connectivity index (χ2v) is 2.48. The molecule has 2 heteroatoms. The maximum Gasteiger partial charge on any atom is 0.00127 e. The van der Waals surface area contributed by atoms with E-state index in [1.807, 2.05) is 13.8 Å². The Balaban J connectivity index is -0.000000149. The molecule has 1 nitrogen and oxygen atoms in total. The van der Waals surface area contributed by atoms with E-state index in [1.54, 1.807) is 0 Å². The van der Waals surface area contributed by atoms with E-state index in [0.29, 0.717) is 12.1 Å². The first-order valence-corrected chi connectivity index (χ1v) is 3.89. The molecule has 0 amide bonds. The molecule has 0 saturated heterocycles. The van der Waals surface area contributed by atoms with Crippen LogP contribution in [0.1, 0.15) is 41.5 Å². The summed E-state index contributed by atoms with van der Waals surface area (Å²) in [6.07, 6.45) is 0. The molecule has 66 valence electrons. The molecule has 0 aliphatic heterocycles. The van der Waals surface area contributed by atoms with Crippen LogP contribution in [0.25, 0.3) is 0 Å². The zero-order valence-corrected chi connectivity index (χ0v) is 8.06. The van der Waals surface area contributed by atoms with Gasteiger partial charge in [0.2, 0.25) is 0 Å². The van der Waals surface area contributed by atoms with Gasteiger partial charge in [-0.25, -0.2) is 0 Å². The van der Waals surface area contributed by atoms with E-state index in [0.717, 1.165) is 0 Å². The van der Waals surface area contributed by atoms with Crippen LogP contribution in [0, 0.1) is 0 Å². The second-order valence-electron chi connectivity index (χ2n) is 2.48. The van der Waals surface area contributed by atoms with Crippen LogP contribution in [0.15, 0.2) is 0 Å². The summed E-state index contributed by atoms with van der Waals surface area (Å²) in [6, 6.07) is 1.25. The van der Waals surface area contributed by atoms with Crippen LogP contribution < -0.4 is 5.32 Å². The van der Waals surface area contributed by atoms with Crippen molar-refractivity contribution in [1.82, 2.24) is 5.32 Å². The molecule has 10 heavy (non-hydrogen) atoms. The van der Waals surface area contributed by atoms with Crippen LogP contribution in [0.2, 0.25) is 0 Å². The summed E-state index contributed by atoms with van der Waals surface area (Å²) < 4.78 is 0. The average Bonchev–Trinajstić information content (AvgIpc) is 1.68. The van der Waals surface area contributed by atoms with E-state index < -0.39 is 0 Å². The fourth-order valence-electron chi connectivity index (χ4n) is 0.667. The Labute approximate surface area is 64.6 Å². The first-order chi connectivity index (χ1) is 4.13. The van der Waals surface area contributed by atoms with Gasteiger partial charge >= 0.3 is 0 Å². The van der Waals surface area contributed by atoms with Crippen LogP contribution >= 0.6 is 0 Å². The van der Waals surface area contributed by atoms with Gasteiger partial charge in [-0.05, 0) is 0 Å². The second kappa shape index (κ2) is 11.7. The molecule has 0 aliphatic carbocycles. The number of hydrogen-bond acceptors (Lipinski definition) is 1. The summed E-state index contributed by atoms with van der Waals surface area (Å²) in [5.74, 6) is 0. The van der Waals surface area contributed by atoms with Gasteiger partial charge in [-0.15, -0.1) is 0 Å². The topological polar surface area (TPSA) is 12.0 Å². The lowest BCUT2D eigenvalue weighted by molar-refractivity contribution is 0.518. The molecule has 0 spiro atoms. The predicted octanol–water partition coefficient (Wildman–Crippen LogP) is 2.57. The molecule has 0 aromatic carbocycles. The first-order valence-electron chi connectivity index (χ1n) is 3.89. The molecule has 0 bridgehead atoms. The van der Waals surface area contributed by atoms with Gasteiger partial charge in [-0.3, -0.25) is 4.70 Å². The summed E-state index contributed by atoms with van der Waals surface area (Å²) in [4.78, 5) is 0. The van der Waals surface area contributed by atoms with Crippen molar-refractivity contribution in [3.8, 4) is 0 Å². The molecule has 0 aromatic rings. The lowest BCUT2D eigenvalue weighted by Crippen LogP contribution is -2.29. The van der Waals surface area contributed by atoms with E-state index in [1.165, 1.54) is 0 Å². The summed E-state index contributed by atoms with van der Waals surface area (Å²) in [5, 5.41) is 3.31. The fraction of sp³-hybridized carbons (Fsp3) is 1.00. The number of nitrogens with one attached hydrogen (secondary N) is 1. The van der Waals surface area contributed by atoms with Gasteiger partial charge < -0.3 is 5.32 Å². The van der Waals surface area contributed by atoms with Gasteiger partial charge in [0.1, 0.15) is 0 Å². The molecule has 0 aromatic heterocycles. The number of rotatable bonds is 2. The van der Waals surface area contributed by atoms with E-state index in [-0.39, 0.29) is 4.70 Å². The van der Waals surface area contributed by atoms with Crippen LogP contribution in [0.3, 0.4) is 0 Å². The van der Waals surface area contributed by atoms with Crippen molar-refractivity contribution in [2.75, 3.05) is 0 Å². The van der Waals surface area contributed by atoms with E-state index in [2.05, 4.69) is 33.0 Å². The Hall–Kier alpha value is -0.110. The van der Waals surface area contributed by atoms with Crippen molar-refractivity contribution in [3.05, 3.63) is 0 Å². The minimum Gasteiger partial charge on any atom is -0.312 e. The van der Waals surface area contributed by atoms with Crippen molar-refractivity contribution in [3.63, 3.8) is 0 Å².